The zero-order chi connectivity index (χ0) is 14.9. The second-order valence-electron chi connectivity index (χ2n) is 3.73. The monoisotopic (exact) mass is 386 g/mol. The third-order valence-corrected chi connectivity index (χ3v) is 5.87. The minimum atomic E-state index is -1.60. The van der Waals surface area contributed by atoms with Crippen molar-refractivity contribution in [3.63, 3.8) is 0 Å². The van der Waals surface area contributed by atoms with Crippen molar-refractivity contribution < 1.29 is 9.00 Å². The van der Waals surface area contributed by atoms with Crippen molar-refractivity contribution in [2.75, 3.05) is 5.75 Å². The Kier molecular flexibility index (Phi) is 5.51. The lowest BCUT2D eigenvalue weighted by Gasteiger charge is -2.04. The Balaban J connectivity index is 2.21. The highest BCUT2D eigenvalue weighted by Crippen LogP contribution is 2.32. The van der Waals surface area contributed by atoms with E-state index in [9.17, 15) is 9.00 Å². The number of halogens is 4. The van der Waals surface area contributed by atoms with Gasteiger partial charge in [0, 0.05) is 10.6 Å². The number of carbonyl (C=O) groups is 1. The molecular weight excluding hydrogens is 382 g/mol. The molecule has 1 heterocycles. The van der Waals surface area contributed by atoms with Gasteiger partial charge in [-0.3, -0.25) is 9.00 Å². The Labute approximate surface area is 142 Å². The fourth-order valence-corrected chi connectivity index (χ4v) is 4.66. The molecule has 0 spiro atoms. The summed E-state index contributed by atoms with van der Waals surface area (Å²) >= 11 is 24.5. The highest BCUT2D eigenvalue weighted by molar-refractivity contribution is 7.86. The third kappa shape index (κ3) is 3.75. The van der Waals surface area contributed by atoms with Gasteiger partial charge in [-0.1, -0.05) is 46.4 Å². The Morgan fingerprint density at radius 3 is 2.45 bits per heavy atom. The van der Waals surface area contributed by atoms with Crippen LogP contribution in [0.3, 0.4) is 0 Å². The molecule has 2 rings (SSSR count). The average molecular weight is 388 g/mol. The first-order chi connectivity index (χ1) is 9.38. The molecule has 0 saturated heterocycles. The second kappa shape index (κ2) is 6.77. The summed E-state index contributed by atoms with van der Waals surface area (Å²) in [5.41, 5.74) is 0.271. The van der Waals surface area contributed by atoms with Crippen LogP contribution < -0.4 is 0 Å². The Hall–Kier alpha value is -0.100. The van der Waals surface area contributed by atoms with Gasteiger partial charge in [0.05, 0.1) is 30.8 Å². The van der Waals surface area contributed by atoms with Crippen LogP contribution in [0.2, 0.25) is 18.7 Å². The van der Waals surface area contributed by atoms with Gasteiger partial charge in [0.15, 0.2) is 5.78 Å². The summed E-state index contributed by atoms with van der Waals surface area (Å²) in [6.45, 7) is 0. The zero-order valence-electron chi connectivity index (χ0n) is 9.66. The molecule has 8 heteroatoms. The van der Waals surface area contributed by atoms with Crippen LogP contribution in [0.1, 0.15) is 10.4 Å². The predicted octanol–water partition coefficient (Wildman–Crippen LogP) is 5.35. The topological polar surface area (TPSA) is 34.1 Å². The fraction of sp³-hybridized carbons (Fsp3) is 0.0833. The van der Waals surface area contributed by atoms with Crippen LogP contribution in [0, 0.1) is 0 Å². The molecule has 0 radical (unpaired) electrons. The first-order valence-electron chi connectivity index (χ1n) is 5.20. The van der Waals surface area contributed by atoms with E-state index in [4.69, 9.17) is 46.4 Å². The van der Waals surface area contributed by atoms with Crippen molar-refractivity contribution in [1.82, 2.24) is 0 Å². The van der Waals surface area contributed by atoms with Crippen molar-refractivity contribution in [3.8, 4) is 0 Å². The van der Waals surface area contributed by atoms with Crippen molar-refractivity contribution in [1.29, 1.82) is 0 Å². The molecule has 0 bridgehead atoms. The molecular formula is C12H6Cl4O2S2. The van der Waals surface area contributed by atoms with E-state index in [2.05, 4.69) is 0 Å². The lowest BCUT2D eigenvalue weighted by Crippen LogP contribution is -2.11. The van der Waals surface area contributed by atoms with E-state index in [1.54, 1.807) is 6.07 Å². The molecule has 1 aromatic heterocycles. The van der Waals surface area contributed by atoms with E-state index >= 15 is 0 Å². The number of hydrogen-bond acceptors (Lipinski definition) is 3. The van der Waals surface area contributed by atoms with Crippen LogP contribution in [0.25, 0.3) is 0 Å². The first kappa shape index (κ1) is 16.3. The molecule has 1 aromatic carbocycles. The van der Waals surface area contributed by atoms with Gasteiger partial charge in [-0.2, -0.15) is 0 Å². The Morgan fingerprint density at radius 1 is 1.15 bits per heavy atom. The summed E-state index contributed by atoms with van der Waals surface area (Å²) in [6.07, 6.45) is 0. The van der Waals surface area contributed by atoms with Gasteiger partial charge in [-0.05, 0) is 24.3 Å². The number of benzene rings is 1. The number of hydrogen-bond donors (Lipinski definition) is 0. The van der Waals surface area contributed by atoms with Crippen LogP contribution in [0.5, 0.6) is 0 Å². The fourth-order valence-electron chi connectivity index (χ4n) is 1.46. The highest BCUT2D eigenvalue weighted by Gasteiger charge is 2.19. The summed E-state index contributed by atoms with van der Waals surface area (Å²) in [6, 6.07) is 6.07. The normalized spacial score (nSPS) is 12.4. The zero-order valence-corrected chi connectivity index (χ0v) is 14.3. The molecule has 20 heavy (non-hydrogen) atoms. The molecule has 1 atom stereocenters. The van der Waals surface area contributed by atoms with Gasteiger partial charge in [-0.15, -0.1) is 11.3 Å². The summed E-state index contributed by atoms with van der Waals surface area (Å²) < 4.78 is 12.9. The number of Topliss-reactive ketones (excluding diaryl/α,β-unsaturated/α-hetero) is 1. The van der Waals surface area contributed by atoms with Crippen LogP contribution in [0.15, 0.2) is 29.2 Å². The van der Waals surface area contributed by atoms with E-state index in [0.717, 1.165) is 11.3 Å². The molecule has 1 unspecified atom stereocenters. The molecule has 0 aliphatic heterocycles. The summed E-state index contributed by atoms with van der Waals surface area (Å²) in [5, 5.41) is 0.705. The molecule has 0 amide bonds. The molecule has 0 N–H and O–H groups in total. The quantitative estimate of drug-likeness (QED) is 0.662. The van der Waals surface area contributed by atoms with Gasteiger partial charge in [0.2, 0.25) is 0 Å². The molecule has 0 saturated carbocycles. The molecule has 2 aromatic rings. The molecule has 2 nitrogen and oxygen atoms in total. The van der Waals surface area contributed by atoms with E-state index in [-0.39, 0.29) is 21.4 Å². The van der Waals surface area contributed by atoms with Gasteiger partial charge in [0.1, 0.15) is 4.34 Å². The second-order valence-corrected chi connectivity index (χ2v) is 8.27. The van der Waals surface area contributed by atoms with Crippen molar-refractivity contribution in [3.05, 3.63) is 48.5 Å². The number of ketones is 1. The summed E-state index contributed by atoms with van der Waals surface area (Å²) in [5.74, 6) is -0.583. The van der Waals surface area contributed by atoms with Crippen molar-refractivity contribution in [2.45, 2.75) is 4.90 Å². The van der Waals surface area contributed by atoms with Gasteiger partial charge < -0.3 is 0 Å². The summed E-state index contributed by atoms with van der Waals surface area (Å²) in [4.78, 5) is 12.4. The minimum Gasteiger partial charge on any atom is -0.293 e. The van der Waals surface area contributed by atoms with Crippen LogP contribution in [-0.2, 0) is 10.8 Å². The standard InChI is InChI=1S/C12H6Cl4O2S2/c13-6-1-2-8(14)10(3-6)20(18)5-9(17)7-4-11(15)19-12(7)16/h1-4H,5H2. The number of rotatable bonds is 4. The van der Waals surface area contributed by atoms with Crippen molar-refractivity contribution in [2.24, 2.45) is 0 Å². The van der Waals surface area contributed by atoms with Crippen LogP contribution >= 0.6 is 57.7 Å². The largest absolute Gasteiger partial charge is 0.293 e. The van der Waals surface area contributed by atoms with Gasteiger partial charge in [0.25, 0.3) is 0 Å². The highest BCUT2D eigenvalue weighted by atomic mass is 35.5. The lowest BCUT2D eigenvalue weighted by molar-refractivity contribution is 0.102. The van der Waals surface area contributed by atoms with E-state index in [0.29, 0.717) is 19.3 Å². The van der Waals surface area contributed by atoms with Crippen LogP contribution in [-0.4, -0.2) is 15.7 Å². The molecule has 106 valence electrons. The lowest BCUT2D eigenvalue weighted by atomic mass is 10.2. The molecule has 0 aliphatic carbocycles. The van der Waals surface area contributed by atoms with Crippen molar-refractivity contribution >= 4 is 74.3 Å². The smallest absolute Gasteiger partial charge is 0.178 e. The Bertz CT molecular complexity index is 697. The molecule has 0 fully saturated rings. The summed E-state index contributed by atoms with van der Waals surface area (Å²) in [7, 11) is -1.60. The van der Waals surface area contributed by atoms with E-state index in [1.165, 1.54) is 18.2 Å². The molecule has 0 aliphatic rings. The van der Waals surface area contributed by atoms with E-state index in [1.807, 2.05) is 0 Å². The maximum Gasteiger partial charge on any atom is 0.178 e. The van der Waals surface area contributed by atoms with Crippen LogP contribution in [0.4, 0.5) is 0 Å². The third-order valence-electron chi connectivity index (χ3n) is 2.36. The maximum atomic E-state index is 12.2. The predicted molar refractivity (Wildman–Crippen MR) is 86.4 cm³/mol. The Morgan fingerprint density at radius 2 is 1.85 bits per heavy atom. The maximum absolute atomic E-state index is 12.2. The number of carbonyl (C=O) groups excluding carboxylic acids is 1. The van der Waals surface area contributed by atoms with E-state index < -0.39 is 10.8 Å². The average Bonchev–Trinajstić information content (AvgIpc) is 2.71. The van der Waals surface area contributed by atoms with Gasteiger partial charge >= 0.3 is 0 Å². The minimum absolute atomic E-state index is 0.229. The number of thiophene rings is 1. The first-order valence-corrected chi connectivity index (χ1v) is 8.84. The van der Waals surface area contributed by atoms with Gasteiger partial charge in [-0.25, -0.2) is 0 Å². The SMILES string of the molecule is O=C(CS(=O)c1cc(Cl)ccc1Cl)c1cc(Cl)sc1Cl.